The maximum absolute atomic E-state index is 13.7. The minimum Gasteiger partial charge on any atom is -0.497 e. The summed E-state index contributed by atoms with van der Waals surface area (Å²) in [6.45, 7) is 1.87. The first-order chi connectivity index (χ1) is 13.1. The first-order valence-electron chi connectivity index (χ1n) is 10.0. The van der Waals surface area contributed by atoms with Crippen molar-refractivity contribution in [2.75, 3.05) is 27.2 Å². The van der Waals surface area contributed by atoms with Gasteiger partial charge in [0, 0.05) is 32.1 Å². The average molecular weight is 408 g/mol. The highest BCUT2D eigenvalue weighted by Gasteiger charge is 2.45. The summed E-state index contributed by atoms with van der Waals surface area (Å²) in [6, 6.07) is 8.21. The standard InChI is InChI=1S/C21H29N3O3.ClH/c1-23-19(25)10-9-18(20(23)14-3-7-17(27-2)8-4-14)21(26)24-15-5-6-16(24)13-22-12-11-15;/h3-4,7-8,15-16,18,20,22H,5-6,9-13H2,1-2H3;1H. The van der Waals surface area contributed by atoms with Gasteiger partial charge in [-0.05, 0) is 49.9 Å². The number of fused-ring (bicyclic) bond motifs is 2. The second kappa shape index (κ2) is 8.70. The molecule has 7 heteroatoms. The fraction of sp³-hybridized carbons (Fsp3) is 0.619. The van der Waals surface area contributed by atoms with Crippen molar-refractivity contribution in [2.24, 2.45) is 5.92 Å². The summed E-state index contributed by atoms with van der Waals surface area (Å²) >= 11 is 0. The third kappa shape index (κ3) is 3.72. The Bertz CT molecular complexity index is 697. The van der Waals surface area contributed by atoms with E-state index in [0.29, 0.717) is 24.9 Å². The number of nitrogens with zero attached hydrogens (tertiary/aromatic N) is 2. The van der Waals surface area contributed by atoms with Crippen LogP contribution in [0.1, 0.15) is 43.7 Å². The van der Waals surface area contributed by atoms with Gasteiger partial charge in [-0.1, -0.05) is 12.1 Å². The van der Waals surface area contributed by atoms with Gasteiger partial charge in [-0.2, -0.15) is 0 Å². The van der Waals surface area contributed by atoms with Crippen LogP contribution in [0.15, 0.2) is 24.3 Å². The molecule has 6 nitrogen and oxygen atoms in total. The van der Waals surface area contributed by atoms with E-state index < -0.39 is 0 Å². The van der Waals surface area contributed by atoms with Crippen LogP contribution in [0.2, 0.25) is 0 Å². The maximum Gasteiger partial charge on any atom is 0.228 e. The number of likely N-dealkylation sites (tertiary alicyclic amines) is 1. The Morgan fingerprint density at radius 2 is 1.82 bits per heavy atom. The lowest BCUT2D eigenvalue weighted by atomic mass is 9.83. The third-order valence-corrected chi connectivity index (χ3v) is 6.54. The van der Waals surface area contributed by atoms with Crippen LogP contribution in [0.25, 0.3) is 0 Å². The van der Waals surface area contributed by atoms with Crippen molar-refractivity contribution in [3.05, 3.63) is 29.8 Å². The fourth-order valence-electron chi connectivity index (χ4n) is 5.09. The number of hydrogen-bond donors (Lipinski definition) is 1. The van der Waals surface area contributed by atoms with Gasteiger partial charge in [0.15, 0.2) is 0 Å². The molecule has 0 radical (unpaired) electrons. The number of methoxy groups -OCH3 is 1. The van der Waals surface area contributed by atoms with E-state index in [4.69, 9.17) is 4.74 Å². The van der Waals surface area contributed by atoms with Crippen molar-refractivity contribution < 1.29 is 14.3 Å². The molecule has 4 atom stereocenters. The summed E-state index contributed by atoms with van der Waals surface area (Å²) in [5, 5.41) is 3.47. The topological polar surface area (TPSA) is 61.9 Å². The third-order valence-electron chi connectivity index (χ3n) is 6.54. The zero-order valence-corrected chi connectivity index (χ0v) is 17.4. The lowest BCUT2D eigenvalue weighted by molar-refractivity contribution is -0.148. The molecule has 4 unspecified atom stereocenters. The smallest absolute Gasteiger partial charge is 0.228 e. The van der Waals surface area contributed by atoms with Crippen LogP contribution in [0, 0.1) is 5.92 Å². The molecule has 2 bridgehead atoms. The fourth-order valence-corrected chi connectivity index (χ4v) is 5.09. The molecule has 1 aromatic carbocycles. The van der Waals surface area contributed by atoms with E-state index in [2.05, 4.69) is 10.2 Å². The number of benzene rings is 1. The van der Waals surface area contributed by atoms with E-state index in [1.54, 1.807) is 12.0 Å². The number of halogens is 1. The van der Waals surface area contributed by atoms with Crippen LogP contribution in [-0.2, 0) is 9.59 Å². The monoisotopic (exact) mass is 407 g/mol. The van der Waals surface area contributed by atoms with Crippen LogP contribution in [0.3, 0.4) is 0 Å². The SMILES string of the molecule is COc1ccc(C2C(C(=O)N3C4CCNCC3CC4)CCC(=O)N2C)cc1.Cl. The minimum absolute atomic E-state index is 0. The number of ether oxygens (including phenoxy) is 1. The summed E-state index contributed by atoms with van der Waals surface area (Å²) in [5.41, 5.74) is 1.00. The van der Waals surface area contributed by atoms with Crippen LogP contribution in [0.5, 0.6) is 5.75 Å². The molecule has 0 saturated carbocycles. The van der Waals surface area contributed by atoms with E-state index in [0.717, 1.165) is 43.7 Å². The molecule has 154 valence electrons. The first kappa shape index (κ1) is 20.9. The predicted molar refractivity (Wildman–Crippen MR) is 110 cm³/mol. The van der Waals surface area contributed by atoms with E-state index >= 15 is 0 Å². The van der Waals surface area contributed by atoms with E-state index in [1.807, 2.05) is 31.3 Å². The molecule has 3 heterocycles. The second-order valence-electron chi connectivity index (χ2n) is 7.99. The molecule has 3 aliphatic rings. The van der Waals surface area contributed by atoms with Crippen molar-refractivity contribution in [1.82, 2.24) is 15.1 Å². The van der Waals surface area contributed by atoms with E-state index in [1.165, 1.54) is 0 Å². The highest BCUT2D eigenvalue weighted by molar-refractivity contribution is 5.86. The highest BCUT2D eigenvalue weighted by Crippen LogP contribution is 2.40. The summed E-state index contributed by atoms with van der Waals surface area (Å²) in [7, 11) is 3.47. The normalized spacial score (nSPS) is 29.9. The molecule has 0 spiro atoms. The van der Waals surface area contributed by atoms with Gasteiger partial charge < -0.3 is 19.9 Å². The van der Waals surface area contributed by atoms with Crippen molar-refractivity contribution >= 4 is 24.2 Å². The van der Waals surface area contributed by atoms with Gasteiger partial charge in [0.25, 0.3) is 0 Å². The van der Waals surface area contributed by atoms with Crippen LogP contribution >= 0.6 is 12.4 Å². The van der Waals surface area contributed by atoms with E-state index in [-0.39, 0.29) is 36.2 Å². The van der Waals surface area contributed by atoms with Crippen molar-refractivity contribution in [1.29, 1.82) is 0 Å². The number of carbonyl (C=O) groups excluding carboxylic acids is 2. The molecule has 1 aromatic rings. The summed E-state index contributed by atoms with van der Waals surface area (Å²) < 4.78 is 5.26. The van der Waals surface area contributed by atoms with Crippen LogP contribution in [0.4, 0.5) is 0 Å². The lowest BCUT2D eigenvalue weighted by Gasteiger charge is -2.41. The molecule has 3 aliphatic heterocycles. The van der Waals surface area contributed by atoms with Crippen molar-refractivity contribution in [3.63, 3.8) is 0 Å². The van der Waals surface area contributed by atoms with Gasteiger partial charge in [-0.25, -0.2) is 0 Å². The van der Waals surface area contributed by atoms with Crippen LogP contribution in [-0.4, -0.2) is 60.9 Å². The summed E-state index contributed by atoms with van der Waals surface area (Å²) in [6.07, 6.45) is 4.28. The molecule has 3 fully saturated rings. The number of nitrogens with one attached hydrogen (secondary N) is 1. The molecule has 3 saturated heterocycles. The number of carbonyl (C=O) groups is 2. The first-order valence-corrected chi connectivity index (χ1v) is 10.0. The van der Waals surface area contributed by atoms with Crippen molar-refractivity contribution in [2.45, 2.75) is 50.2 Å². The molecule has 0 aliphatic carbocycles. The van der Waals surface area contributed by atoms with Crippen molar-refractivity contribution in [3.8, 4) is 5.75 Å². The Kier molecular flexibility index (Phi) is 6.50. The van der Waals surface area contributed by atoms with Gasteiger partial charge in [0.2, 0.25) is 11.8 Å². The van der Waals surface area contributed by atoms with Gasteiger partial charge in [0.05, 0.1) is 19.1 Å². The molecular weight excluding hydrogens is 378 g/mol. The Balaban J connectivity index is 0.00000225. The Morgan fingerprint density at radius 3 is 2.54 bits per heavy atom. The molecule has 4 rings (SSSR count). The van der Waals surface area contributed by atoms with Gasteiger partial charge >= 0.3 is 0 Å². The molecule has 0 aromatic heterocycles. The molecule has 2 amide bonds. The Labute approximate surface area is 173 Å². The number of rotatable bonds is 3. The number of hydrogen-bond acceptors (Lipinski definition) is 4. The Hall–Kier alpha value is -1.79. The van der Waals surface area contributed by atoms with E-state index in [9.17, 15) is 9.59 Å². The second-order valence-corrected chi connectivity index (χ2v) is 7.99. The van der Waals surface area contributed by atoms with Gasteiger partial charge in [-0.15, -0.1) is 12.4 Å². The maximum atomic E-state index is 13.7. The average Bonchev–Trinajstić information content (AvgIpc) is 2.96. The summed E-state index contributed by atoms with van der Waals surface area (Å²) in [4.78, 5) is 30.0. The predicted octanol–water partition coefficient (Wildman–Crippen LogP) is 2.38. The molecule has 1 N–H and O–H groups in total. The zero-order valence-electron chi connectivity index (χ0n) is 16.6. The quantitative estimate of drug-likeness (QED) is 0.835. The largest absolute Gasteiger partial charge is 0.497 e. The zero-order chi connectivity index (χ0) is 19.0. The number of amides is 2. The molecular formula is C21H30ClN3O3. The van der Waals surface area contributed by atoms with Crippen LogP contribution < -0.4 is 10.1 Å². The lowest BCUT2D eigenvalue weighted by Crippen LogP contribution is -2.51. The summed E-state index contributed by atoms with van der Waals surface area (Å²) in [5.74, 6) is 0.942. The molecule has 28 heavy (non-hydrogen) atoms. The highest BCUT2D eigenvalue weighted by atomic mass is 35.5. The van der Waals surface area contributed by atoms with Gasteiger partial charge in [0.1, 0.15) is 5.75 Å². The number of piperidine rings is 1. The minimum atomic E-state index is -0.208. The Morgan fingerprint density at radius 1 is 1.11 bits per heavy atom. The van der Waals surface area contributed by atoms with Gasteiger partial charge in [-0.3, -0.25) is 9.59 Å².